The van der Waals surface area contributed by atoms with Crippen LogP contribution in [-0.4, -0.2) is 25.2 Å². The van der Waals surface area contributed by atoms with Crippen LogP contribution in [0.4, 0.5) is 0 Å². The van der Waals surface area contributed by atoms with E-state index >= 15 is 0 Å². The highest BCUT2D eigenvalue weighted by atomic mass is 16.5. The number of carbonyl (C=O) groups is 1. The largest absolute Gasteiger partial charge is 0.502 e. The van der Waals surface area contributed by atoms with Crippen LogP contribution in [0.25, 0.3) is 6.08 Å². The Kier molecular flexibility index (Phi) is 16.8. The number of phenolic OH excluding ortho intramolecular Hbond substituents is 1. The summed E-state index contributed by atoms with van der Waals surface area (Å²) in [7, 11) is 2.96. The number of carbonyl (C=O) groups excluding carboxylic acids is 1. The topological polar surface area (TPSA) is 81.8 Å². The van der Waals surface area contributed by atoms with E-state index in [0.29, 0.717) is 23.5 Å². The van der Waals surface area contributed by atoms with Crippen LogP contribution in [0.15, 0.2) is 17.7 Å². The zero-order chi connectivity index (χ0) is 25.0. The summed E-state index contributed by atoms with van der Waals surface area (Å²) in [6.45, 7) is 2.27. The number of benzene rings is 1. The fourth-order valence-electron chi connectivity index (χ4n) is 4.33. The molecule has 0 aliphatic rings. The second-order valence-corrected chi connectivity index (χ2v) is 9.36. The summed E-state index contributed by atoms with van der Waals surface area (Å²) in [5.41, 5.74) is 6.91. The minimum atomic E-state index is -0.410. The van der Waals surface area contributed by atoms with Gasteiger partial charge in [-0.3, -0.25) is 4.79 Å². The number of amides is 1. The maximum atomic E-state index is 11.9. The smallest absolute Gasteiger partial charge is 0.244 e. The molecule has 0 aliphatic carbocycles. The summed E-state index contributed by atoms with van der Waals surface area (Å²) < 4.78 is 10.4. The highest BCUT2D eigenvalue weighted by Crippen LogP contribution is 2.37. The SMILES string of the molecule is CCCCCCCCCCCCCCCCCC/C(=C\c1cc(OC)c(O)c(OC)c1)C(N)=O. The molecule has 1 aromatic rings. The molecule has 0 aliphatic heterocycles. The zero-order valence-corrected chi connectivity index (χ0v) is 22.0. The van der Waals surface area contributed by atoms with E-state index in [1.807, 2.05) is 0 Å². The quantitative estimate of drug-likeness (QED) is 0.140. The van der Waals surface area contributed by atoms with Crippen LogP contribution in [0.3, 0.4) is 0 Å². The molecular weight excluding hydrogens is 426 g/mol. The third-order valence-electron chi connectivity index (χ3n) is 6.46. The standard InChI is InChI=1S/C29H49NO4/c1-4-5-6-7-8-9-10-11-12-13-14-15-16-17-18-19-20-25(29(30)32)21-24-22-26(33-2)28(31)27(23-24)34-3/h21-23,31H,4-20H2,1-3H3,(H2,30,32)/b25-21+. The van der Waals surface area contributed by atoms with Gasteiger partial charge < -0.3 is 20.3 Å². The molecule has 0 saturated carbocycles. The van der Waals surface area contributed by atoms with Gasteiger partial charge in [0.1, 0.15) is 0 Å². The molecule has 0 fully saturated rings. The number of ether oxygens (including phenoxy) is 2. The molecule has 0 aromatic heterocycles. The molecule has 1 rings (SSSR count). The Balaban J connectivity index is 2.19. The number of primary amides is 1. The predicted molar refractivity (Wildman–Crippen MR) is 143 cm³/mol. The third-order valence-corrected chi connectivity index (χ3v) is 6.46. The maximum absolute atomic E-state index is 11.9. The van der Waals surface area contributed by atoms with E-state index < -0.39 is 5.91 Å². The van der Waals surface area contributed by atoms with Crippen LogP contribution in [-0.2, 0) is 4.79 Å². The van der Waals surface area contributed by atoms with Gasteiger partial charge >= 0.3 is 0 Å². The van der Waals surface area contributed by atoms with Gasteiger partial charge in [-0.15, -0.1) is 0 Å². The minimum Gasteiger partial charge on any atom is -0.502 e. The first-order valence-electron chi connectivity index (χ1n) is 13.5. The Morgan fingerprint density at radius 1 is 0.765 bits per heavy atom. The van der Waals surface area contributed by atoms with Crippen molar-refractivity contribution >= 4 is 12.0 Å². The van der Waals surface area contributed by atoms with Gasteiger partial charge in [-0.25, -0.2) is 0 Å². The molecule has 0 radical (unpaired) electrons. The molecule has 0 spiro atoms. The van der Waals surface area contributed by atoms with Crippen LogP contribution >= 0.6 is 0 Å². The van der Waals surface area contributed by atoms with Crippen LogP contribution in [0.2, 0.25) is 0 Å². The van der Waals surface area contributed by atoms with Crippen molar-refractivity contribution < 1.29 is 19.4 Å². The molecule has 0 saturated heterocycles. The van der Waals surface area contributed by atoms with E-state index in [2.05, 4.69) is 6.92 Å². The summed E-state index contributed by atoms with van der Waals surface area (Å²) in [6, 6.07) is 3.35. The fourth-order valence-corrected chi connectivity index (χ4v) is 4.33. The molecule has 0 atom stereocenters. The molecule has 1 aromatic carbocycles. The molecule has 5 heteroatoms. The van der Waals surface area contributed by atoms with E-state index in [4.69, 9.17) is 15.2 Å². The van der Waals surface area contributed by atoms with E-state index in [0.717, 1.165) is 18.4 Å². The molecule has 0 heterocycles. The molecule has 1 amide bonds. The summed E-state index contributed by atoms with van der Waals surface area (Å²) in [6.07, 6.45) is 23.5. The van der Waals surface area contributed by atoms with Crippen molar-refractivity contribution in [3.8, 4) is 17.2 Å². The van der Waals surface area contributed by atoms with Crippen LogP contribution in [0, 0.1) is 0 Å². The second-order valence-electron chi connectivity index (χ2n) is 9.36. The van der Waals surface area contributed by atoms with Gasteiger partial charge in [0.2, 0.25) is 11.7 Å². The van der Waals surface area contributed by atoms with Gasteiger partial charge in [0.15, 0.2) is 11.5 Å². The number of methoxy groups -OCH3 is 2. The predicted octanol–water partition coefficient (Wildman–Crippen LogP) is 7.93. The normalized spacial score (nSPS) is 11.6. The number of unbranched alkanes of at least 4 members (excludes halogenated alkanes) is 15. The van der Waals surface area contributed by atoms with Gasteiger partial charge in [0.05, 0.1) is 14.2 Å². The Morgan fingerprint density at radius 2 is 1.15 bits per heavy atom. The number of phenols is 1. The van der Waals surface area contributed by atoms with Crippen molar-refractivity contribution in [2.24, 2.45) is 5.73 Å². The summed E-state index contributed by atoms with van der Waals surface area (Å²) in [4.78, 5) is 11.9. The van der Waals surface area contributed by atoms with Crippen molar-refractivity contribution in [2.45, 2.75) is 116 Å². The molecule has 5 nitrogen and oxygen atoms in total. The van der Waals surface area contributed by atoms with Gasteiger partial charge in [-0.1, -0.05) is 103 Å². The number of aromatic hydroxyl groups is 1. The molecule has 34 heavy (non-hydrogen) atoms. The lowest BCUT2D eigenvalue weighted by atomic mass is 10.0. The van der Waals surface area contributed by atoms with Gasteiger partial charge in [0, 0.05) is 5.57 Å². The Bertz CT molecular complexity index is 689. The Hall–Kier alpha value is -2.17. The first-order chi connectivity index (χ1) is 16.5. The molecule has 0 unspecified atom stereocenters. The first kappa shape index (κ1) is 29.9. The van der Waals surface area contributed by atoms with Crippen LogP contribution in [0.1, 0.15) is 122 Å². The van der Waals surface area contributed by atoms with E-state index in [1.54, 1.807) is 18.2 Å². The summed E-state index contributed by atoms with van der Waals surface area (Å²) in [5.74, 6) is 0.140. The number of hydrogen-bond acceptors (Lipinski definition) is 4. The van der Waals surface area contributed by atoms with Crippen LogP contribution < -0.4 is 15.2 Å². The average molecular weight is 476 g/mol. The maximum Gasteiger partial charge on any atom is 0.244 e. The lowest BCUT2D eigenvalue weighted by molar-refractivity contribution is -0.114. The van der Waals surface area contributed by atoms with Crippen molar-refractivity contribution in [1.82, 2.24) is 0 Å². The highest BCUT2D eigenvalue weighted by Gasteiger charge is 2.12. The highest BCUT2D eigenvalue weighted by molar-refractivity contribution is 5.96. The second kappa shape index (κ2) is 19.2. The summed E-state index contributed by atoms with van der Waals surface area (Å²) in [5, 5.41) is 10.1. The number of nitrogens with two attached hydrogens (primary N) is 1. The third kappa shape index (κ3) is 12.9. The van der Waals surface area contributed by atoms with E-state index in [-0.39, 0.29) is 5.75 Å². The van der Waals surface area contributed by atoms with Crippen LogP contribution in [0.5, 0.6) is 17.2 Å². The van der Waals surface area contributed by atoms with E-state index in [1.165, 1.54) is 104 Å². The van der Waals surface area contributed by atoms with E-state index in [9.17, 15) is 9.90 Å². The monoisotopic (exact) mass is 475 g/mol. The lowest BCUT2D eigenvalue weighted by Gasteiger charge is -2.10. The Labute approximate surface area is 208 Å². The zero-order valence-electron chi connectivity index (χ0n) is 22.0. The first-order valence-corrected chi connectivity index (χ1v) is 13.5. The number of rotatable bonds is 21. The van der Waals surface area contributed by atoms with Crippen molar-refractivity contribution in [2.75, 3.05) is 14.2 Å². The average Bonchev–Trinajstić information content (AvgIpc) is 2.83. The molecular formula is C29H49NO4. The van der Waals surface area contributed by atoms with Crippen molar-refractivity contribution in [1.29, 1.82) is 0 Å². The van der Waals surface area contributed by atoms with Gasteiger partial charge in [0.25, 0.3) is 0 Å². The van der Waals surface area contributed by atoms with Gasteiger partial charge in [-0.05, 0) is 36.6 Å². The number of hydrogen-bond donors (Lipinski definition) is 2. The minimum absolute atomic E-state index is 0.0550. The molecule has 3 N–H and O–H groups in total. The lowest BCUT2D eigenvalue weighted by Crippen LogP contribution is -2.13. The molecule has 194 valence electrons. The fraction of sp³-hybridized carbons (Fsp3) is 0.690. The van der Waals surface area contributed by atoms with Crippen molar-refractivity contribution in [3.05, 3.63) is 23.3 Å². The summed E-state index contributed by atoms with van der Waals surface area (Å²) >= 11 is 0. The Morgan fingerprint density at radius 3 is 1.50 bits per heavy atom. The van der Waals surface area contributed by atoms with Crippen molar-refractivity contribution in [3.63, 3.8) is 0 Å². The molecule has 0 bridgehead atoms. The van der Waals surface area contributed by atoms with Gasteiger partial charge in [-0.2, -0.15) is 0 Å².